The third-order valence-corrected chi connectivity index (χ3v) is 4.12. The van der Waals surface area contributed by atoms with E-state index in [-0.39, 0.29) is 30.1 Å². The molecule has 23 heavy (non-hydrogen) atoms. The molecule has 2 rings (SSSR count). The molecule has 1 atom stereocenters. The van der Waals surface area contributed by atoms with Gasteiger partial charge < -0.3 is 15.5 Å². The van der Waals surface area contributed by atoms with Crippen LogP contribution in [-0.2, 0) is 9.59 Å². The third-order valence-electron chi connectivity index (χ3n) is 3.80. The highest BCUT2D eigenvalue weighted by molar-refractivity contribution is 6.33. The summed E-state index contributed by atoms with van der Waals surface area (Å²) in [5.74, 6) is -0.722. The first-order valence-electron chi connectivity index (χ1n) is 7.61. The van der Waals surface area contributed by atoms with Crippen LogP contribution in [0.5, 0.6) is 0 Å². The molecule has 1 aliphatic heterocycles. The first kappa shape index (κ1) is 17.3. The second kappa shape index (κ2) is 7.97. The molecule has 2 N–H and O–H groups in total. The lowest BCUT2D eigenvalue weighted by Crippen LogP contribution is -2.38. The summed E-state index contributed by atoms with van der Waals surface area (Å²) in [5.41, 5.74) is 0.403. The maximum Gasteiger partial charge on any atom is 0.252 e. The smallest absolute Gasteiger partial charge is 0.252 e. The second-order valence-electron chi connectivity index (χ2n) is 5.36. The van der Waals surface area contributed by atoms with Crippen LogP contribution in [-0.4, -0.2) is 48.8 Å². The number of nitrogens with one attached hydrogen (secondary N) is 2. The molecule has 1 aliphatic rings. The number of hydrogen-bond donors (Lipinski definition) is 2. The highest BCUT2D eigenvalue weighted by Crippen LogP contribution is 2.17. The summed E-state index contributed by atoms with van der Waals surface area (Å²) in [7, 11) is 0. The van der Waals surface area contributed by atoms with Crippen LogP contribution in [0.4, 0.5) is 0 Å². The maximum atomic E-state index is 12.0. The van der Waals surface area contributed by atoms with Gasteiger partial charge in [-0.05, 0) is 19.1 Å². The Bertz CT molecular complexity index is 606. The Balaban J connectivity index is 1.71. The molecule has 1 fully saturated rings. The first-order chi connectivity index (χ1) is 11.0. The third kappa shape index (κ3) is 4.45. The predicted molar refractivity (Wildman–Crippen MR) is 87.2 cm³/mol. The van der Waals surface area contributed by atoms with Crippen LogP contribution in [0.15, 0.2) is 24.3 Å². The van der Waals surface area contributed by atoms with Crippen molar-refractivity contribution >= 4 is 29.3 Å². The summed E-state index contributed by atoms with van der Waals surface area (Å²) in [6, 6.07) is 6.77. The summed E-state index contributed by atoms with van der Waals surface area (Å²) in [6.45, 7) is 3.59. The Hall–Kier alpha value is -2.08. The van der Waals surface area contributed by atoms with E-state index in [9.17, 15) is 14.4 Å². The average Bonchev–Trinajstić information content (AvgIpc) is 2.92. The summed E-state index contributed by atoms with van der Waals surface area (Å²) in [4.78, 5) is 37.2. The van der Waals surface area contributed by atoms with Gasteiger partial charge in [-0.3, -0.25) is 14.4 Å². The lowest BCUT2D eigenvalue weighted by molar-refractivity contribution is -0.128. The molecule has 0 radical (unpaired) electrons. The number of carbonyl (C=O) groups excluding carboxylic acids is 3. The van der Waals surface area contributed by atoms with Crippen molar-refractivity contribution in [3.63, 3.8) is 0 Å². The van der Waals surface area contributed by atoms with Gasteiger partial charge in [-0.15, -0.1) is 0 Å². The quantitative estimate of drug-likeness (QED) is 0.762. The fourth-order valence-electron chi connectivity index (χ4n) is 2.50. The van der Waals surface area contributed by atoms with E-state index in [0.717, 1.165) is 0 Å². The van der Waals surface area contributed by atoms with Gasteiger partial charge >= 0.3 is 0 Å². The Morgan fingerprint density at radius 3 is 2.61 bits per heavy atom. The number of carbonyl (C=O) groups is 3. The standard InChI is InChI=1S/C16H20ClN3O3/c1-2-20-10-11(9-14(20)21)15(22)18-7-8-19-16(23)12-5-3-4-6-13(12)17/h3-6,11H,2,7-10H2,1H3,(H,18,22)(H,19,23). The van der Waals surface area contributed by atoms with Crippen LogP contribution in [0.3, 0.4) is 0 Å². The molecule has 1 aromatic rings. The van der Waals surface area contributed by atoms with E-state index in [2.05, 4.69) is 10.6 Å². The van der Waals surface area contributed by atoms with E-state index < -0.39 is 0 Å². The van der Waals surface area contributed by atoms with Gasteiger partial charge in [0.2, 0.25) is 11.8 Å². The maximum absolute atomic E-state index is 12.0. The molecular weight excluding hydrogens is 318 g/mol. The number of halogens is 1. The van der Waals surface area contributed by atoms with Crippen molar-refractivity contribution in [2.75, 3.05) is 26.2 Å². The van der Waals surface area contributed by atoms with E-state index in [1.807, 2.05) is 6.92 Å². The van der Waals surface area contributed by atoms with Crippen molar-refractivity contribution in [1.29, 1.82) is 0 Å². The molecule has 124 valence electrons. The molecular formula is C16H20ClN3O3. The topological polar surface area (TPSA) is 78.5 Å². The second-order valence-corrected chi connectivity index (χ2v) is 5.77. The van der Waals surface area contributed by atoms with Gasteiger partial charge in [0.05, 0.1) is 16.5 Å². The monoisotopic (exact) mass is 337 g/mol. The number of benzene rings is 1. The first-order valence-corrected chi connectivity index (χ1v) is 7.99. The van der Waals surface area contributed by atoms with Crippen molar-refractivity contribution in [3.8, 4) is 0 Å². The highest BCUT2D eigenvalue weighted by atomic mass is 35.5. The van der Waals surface area contributed by atoms with Gasteiger partial charge in [-0.2, -0.15) is 0 Å². The summed E-state index contributed by atoms with van der Waals surface area (Å²) in [6.07, 6.45) is 0.256. The van der Waals surface area contributed by atoms with E-state index >= 15 is 0 Å². The van der Waals surface area contributed by atoms with Gasteiger partial charge in [-0.1, -0.05) is 23.7 Å². The summed E-state index contributed by atoms with van der Waals surface area (Å²) >= 11 is 5.94. The van der Waals surface area contributed by atoms with Crippen LogP contribution in [0, 0.1) is 5.92 Å². The zero-order valence-electron chi connectivity index (χ0n) is 13.0. The molecule has 3 amide bonds. The molecule has 0 aliphatic carbocycles. The van der Waals surface area contributed by atoms with Crippen molar-refractivity contribution in [2.24, 2.45) is 5.92 Å². The lowest BCUT2D eigenvalue weighted by Gasteiger charge is -2.14. The lowest BCUT2D eigenvalue weighted by atomic mass is 10.1. The van der Waals surface area contributed by atoms with Crippen molar-refractivity contribution in [1.82, 2.24) is 15.5 Å². The highest BCUT2D eigenvalue weighted by Gasteiger charge is 2.32. The number of rotatable bonds is 6. The van der Waals surface area contributed by atoms with Crippen LogP contribution in [0.1, 0.15) is 23.7 Å². The Labute approximate surface area is 140 Å². The minimum atomic E-state index is -0.304. The number of nitrogens with zero attached hydrogens (tertiary/aromatic N) is 1. The van der Waals surface area contributed by atoms with Crippen LogP contribution in [0.25, 0.3) is 0 Å². The molecule has 1 heterocycles. The van der Waals surface area contributed by atoms with Crippen LogP contribution >= 0.6 is 11.6 Å². The van der Waals surface area contributed by atoms with Crippen molar-refractivity contribution < 1.29 is 14.4 Å². The Morgan fingerprint density at radius 2 is 1.96 bits per heavy atom. The van der Waals surface area contributed by atoms with Crippen molar-refractivity contribution in [2.45, 2.75) is 13.3 Å². The van der Waals surface area contributed by atoms with Crippen molar-refractivity contribution in [3.05, 3.63) is 34.9 Å². The fourth-order valence-corrected chi connectivity index (χ4v) is 2.72. The molecule has 0 spiro atoms. The van der Waals surface area contributed by atoms with E-state index in [1.54, 1.807) is 29.2 Å². The van der Waals surface area contributed by atoms with Gasteiger partial charge in [0.15, 0.2) is 0 Å². The molecule has 6 nitrogen and oxygen atoms in total. The molecule has 1 unspecified atom stereocenters. The molecule has 7 heteroatoms. The average molecular weight is 338 g/mol. The predicted octanol–water partition coefficient (Wildman–Crippen LogP) is 1.05. The van der Waals surface area contributed by atoms with Crippen LogP contribution in [0.2, 0.25) is 5.02 Å². The van der Waals surface area contributed by atoms with Gasteiger partial charge in [-0.25, -0.2) is 0 Å². The zero-order chi connectivity index (χ0) is 16.8. The Morgan fingerprint density at radius 1 is 1.26 bits per heavy atom. The van der Waals surface area contributed by atoms with Gasteiger partial charge in [0.1, 0.15) is 0 Å². The summed E-state index contributed by atoms with van der Waals surface area (Å²) < 4.78 is 0. The van der Waals surface area contributed by atoms with E-state index in [1.165, 1.54) is 0 Å². The molecule has 1 saturated heterocycles. The molecule has 1 aromatic carbocycles. The van der Waals surface area contributed by atoms with Gasteiger partial charge in [0, 0.05) is 32.6 Å². The number of amides is 3. The number of hydrogen-bond acceptors (Lipinski definition) is 3. The number of likely N-dealkylation sites (tertiary alicyclic amines) is 1. The molecule has 0 aromatic heterocycles. The van der Waals surface area contributed by atoms with E-state index in [0.29, 0.717) is 36.8 Å². The minimum Gasteiger partial charge on any atom is -0.354 e. The SMILES string of the molecule is CCN1CC(C(=O)NCCNC(=O)c2ccccc2Cl)CC1=O. The zero-order valence-corrected chi connectivity index (χ0v) is 13.7. The minimum absolute atomic E-state index is 0.0136. The summed E-state index contributed by atoms with van der Waals surface area (Å²) in [5, 5.41) is 5.83. The molecule has 0 bridgehead atoms. The van der Waals surface area contributed by atoms with E-state index in [4.69, 9.17) is 11.6 Å². The largest absolute Gasteiger partial charge is 0.354 e. The fraction of sp³-hybridized carbons (Fsp3) is 0.438. The normalized spacial score (nSPS) is 17.2. The van der Waals surface area contributed by atoms with Crippen LogP contribution < -0.4 is 10.6 Å². The Kier molecular flexibility index (Phi) is 5.98. The molecule has 0 saturated carbocycles. The van der Waals surface area contributed by atoms with Gasteiger partial charge in [0.25, 0.3) is 5.91 Å².